The lowest BCUT2D eigenvalue weighted by atomic mass is 9.92. The summed E-state index contributed by atoms with van der Waals surface area (Å²) in [7, 11) is 3.33. The SMILES string of the molecule is CCC(C)CC(CC(=O)N1CCCC1C(OC)C(C)C(=O)NC(Cc1ccccc1)c1ccccc1)OC. The van der Waals surface area contributed by atoms with Crippen molar-refractivity contribution >= 4 is 11.8 Å². The van der Waals surface area contributed by atoms with Gasteiger partial charge in [-0.3, -0.25) is 9.59 Å². The lowest BCUT2D eigenvalue weighted by Crippen LogP contribution is -2.50. The summed E-state index contributed by atoms with van der Waals surface area (Å²) in [6.45, 7) is 6.96. The maximum absolute atomic E-state index is 13.6. The lowest BCUT2D eigenvalue weighted by Gasteiger charge is -2.35. The number of ether oxygens (including phenoxy) is 2. The van der Waals surface area contributed by atoms with E-state index in [4.69, 9.17) is 9.47 Å². The molecule has 0 aliphatic carbocycles. The predicted molar refractivity (Wildman–Crippen MR) is 152 cm³/mol. The fourth-order valence-corrected chi connectivity index (χ4v) is 5.57. The van der Waals surface area contributed by atoms with E-state index in [1.165, 1.54) is 0 Å². The molecule has 6 nitrogen and oxygen atoms in total. The lowest BCUT2D eigenvalue weighted by molar-refractivity contribution is -0.142. The number of methoxy groups -OCH3 is 2. The van der Waals surface area contributed by atoms with Crippen molar-refractivity contribution in [1.82, 2.24) is 10.2 Å². The number of hydrogen-bond donors (Lipinski definition) is 1. The average molecular weight is 523 g/mol. The number of carbonyl (C=O) groups excluding carboxylic acids is 2. The van der Waals surface area contributed by atoms with E-state index in [1.54, 1.807) is 14.2 Å². The fraction of sp³-hybridized carbons (Fsp3) is 0.562. The third-order valence-electron chi connectivity index (χ3n) is 8.08. The van der Waals surface area contributed by atoms with Crippen molar-refractivity contribution in [3.8, 4) is 0 Å². The number of likely N-dealkylation sites (tertiary alicyclic amines) is 1. The molecule has 6 atom stereocenters. The van der Waals surface area contributed by atoms with Gasteiger partial charge >= 0.3 is 0 Å². The summed E-state index contributed by atoms with van der Waals surface area (Å²) in [5, 5.41) is 3.29. The first-order valence-electron chi connectivity index (χ1n) is 14.1. The molecule has 1 N–H and O–H groups in total. The molecule has 6 unspecified atom stereocenters. The first kappa shape index (κ1) is 29.9. The minimum atomic E-state index is -0.418. The molecule has 38 heavy (non-hydrogen) atoms. The number of hydrogen-bond acceptors (Lipinski definition) is 4. The quantitative estimate of drug-likeness (QED) is 0.352. The van der Waals surface area contributed by atoms with Crippen LogP contribution in [0.5, 0.6) is 0 Å². The van der Waals surface area contributed by atoms with Crippen molar-refractivity contribution in [3.05, 3.63) is 71.8 Å². The van der Waals surface area contributed by atoms with Crippen LogP contribution in [-0.4, -0.2) is 55.7 Å². The predicted octanol–water partition coefficient (Wildman–Crippen LogP) is 5.57. The second-order valence-electron chi connectivity index (χ2n) is 10.8. The molecule has 1 saturated heterocycles. The van der Waals surface area contributed by atoms with Gasteiger partial charge in [0.05, 0.1) is 36.6 Å². The molecular weight excluding hydrogens is 476 g/mol. The Morgan fingerprint density at radius 3 is 2.26 bits per heavy atom. The molecular formula is C32H46N2O4. The second-order valence-corrected chi connectivity index (χ2v) is 10.8. The molecule has 2 aromatic carbocycles. The van der Waals surface area contributed by atoms with Gasteiger partial charge in [-0.25, -0.2) is 0 Å². The maximum atomic E-state index is 13.6. The molecule has 1 fully saturated rings. The summed E-state index contributed by atoms with van der Waals surface area (Å²) >= 11 is 0. The zero-order valence-corrected chi connectivity index (χ0v) is 23.8. The van der Waals surface area contributed by atoms with Crippen molar-refractivity contribution in [3.63, 3.8) is 0 Å². The number of amides is 2. The smallest absolute Gasteiger partial charge is 0.226 e. The van der Waals surface area contributed by atoms with Gasteiger partial charge in [0.1, 0.15) is 0 Å². The Hall–Kier alpha value is -2.70. The van der Waals surface area contributed by atoms with Crippen molar-refractivity contribution in [2.45, 2.75) is 83.6 Å². The van der Waals surface area contributed by atoms with Gasteiger partial charge in [0.25, 0.3) is 0 Å². The van der Waals surface area contributed by atoms with Crippen molar-refractivity contribution < 1.29 is 19.1 Å². The summed E-state index contributed by atoms with van der Waals surface area (Å²) in [6, 6.07) is 20.0. The standard InChI is InChI=1S/C32H46N2O4/c1-6-23(2)20-27(37-4)22-30(35)34-19-13-18-29(34)31(38-5)24(3)32(36)33-28(26-16-11-8-12-17-26)21-25-14-9-7-10-15-25/h7-12,14-17,23-24,27-29,31H,6,13,18-22H2,1-5H3,(H,33,36). The van der Waals surface area contributed by atoms with Crippen LogP contribution < -0.4 is 5.32 Å². The van der Waals surface area contributed by atoms with Crippen molar-refractivity contribution in [2.24, 2.45) is 11.8 Å². The van der Waals surface area contributed by atoms with Gasteiger partial charge in [0.15, 0.2) is 0 Å². The van der Waals surface area contributed by atoms with Crippen LogP contribution in [-0.2, 0) is 25.5 Å². The number of nitrogens with zero attached hydrogens (tertiary/aromatic N) is 1. The van der Waals surface area contributed by atoms with E-state index in [1.807, 2.05) is 48.2 Å². The van der Waals surface area contributed by atoms with Gasteiger partial charge in [0, 0.05) is 20.8 Å². The molecule has 1 heterocycles. The Morgan fingerprint density at radius 1 is 1.00 bits per heavy atom. The van der Waals surface area contributed by atoms with Crippen LogP contribution in [0.4, 0.5) is 0 Å². The van der Waals surface area contributed by atoms with Gasteiger partial charge in [0.2, 0.25) is 11.8 Å². The largest absolute Gasteiger partial charge is 0.381 e. The maximum Gasteiger partial charge on any atom is 0.226 e. The highest BCUT2D eigenvalue weighted by atomic mass is 16.5. The van der Waals surface area contributed by atoms with Crippen molar-refractivity contribution in [2.75, 3.05) is 20.8 Å². The van der Waals surface area contributed by atoms with Crippen LogP contribution in [0.3, 0.4) is 0 Å². The topological polar surface area (TPSA) is 67.9 Å². The third kappa shape index (κ3) is 8.15. The number of rotatable bonds is 14. The summed E-state index contributed by atoms with van der Waals surface area (Å²) in [5.41, 5.74) is 2.23. The van der Waals surface area contributed by atoms with E-state index >= 15 is 0 Å². The van der Waals surface area contributed by atoms with E-state index < -0.39 is 5.92 Å². The van der Waals surface area contributed by atoms with Crippen LogP contribution in [0.15, 0.2) is 60.7 Å². The molecule has 6 heteroatoms. The molecule has 1 aliphatic rings. The molecule has 2 amide bonds. The first-order chi connectivity index (χ1) is 18.4. The van der Waals surface area contributed by atoms with Crippen LogP contribution >= 0.6 is 0 Å². The number of carbonyl (C=O) groups is 2. The van der Waals surface area contributed by atoms with Crippen LogP contribution in [0.1, 0.15) is 70.0 Å². The number of benzene rings is 2. The number of nitrogens with one attached hydrogen (secondary N) is 1. The minimum absolute atomic E-state index is 0.0625. The Balaban J connectivity index is 1.70. The fourth-order valence-electron chi connectivity index (χ4n) is 5.57. The molecule has 0 spiro atoms. The van der Waals surface area contributed by atoms with E-state index in [0.717, 1.165) is 36.8 Å². The minimum Gasteiger partial charge on any atom is -0.381 e. The summed E-state index contributed by atoms with van der Waals surface area (Å²) < 4.78 is 11.6. The normalized spacial score (nSPS) is 19.4. The molecule has 0 aromatic heterocycles. The molecule has 0 radical (unpaired) electrons. The van der Waals surface area contributed by atoms with E-state index in [2.05, 4.69) is 43.4 Å². The third-order valence-corrected chi connectivity index (χ3v) is 8.08. The van der Waals surface area contributed by atoms with E-state index in [0.29, 0.717) is 25.3 Å². The monoisotopic (exact) mass is 522 g/mol. The Kier molecular flexibility index (Phi) is 11.8. The van der Waals surface area contributed by atoms with Gasteiger partial charge in [-0.2, -0.15) is 0 Å². The highest BCUT2D eigenvalue weighted by Crippen LogP contribution is 2.29. The van der Waals surface area contributed by atoms with E-state index in [9.17, 15) is 9.59 Å². The Bertz CT molecular complexity index is 983. The molecule has 2 aromatic rings. The molecule has 3 rings (SSSR count). The Labute approximate surface area is 229 Å². The van der Waals surface area contributed by atoms with Crippen molar-refractivity contribution in [1.29, 1.82) is 0 Å². The molecule has 208 valence electrons. The average Bonchev–Trinajstić information content (AvgIpc) is 3.43. The van der Waals surface area contributed by atoms with Gasteiger partial charge in [-0.1, -0.05) is 87.9 Å². The van der Waals surface area contributed by atoms with Gasteiger partial charge in [-0.15, -0.1) is 0 Å². The zero-order chi connectivity index (χ0) is 27.5. The van der Waals surface area contributed by atoms with Crippen LogP contribution in [0, 0.1) is 11.8 Å². The first-order valence-corrected chi connectivity index (χ1v) is 14.1. The molecule has 0 bridgehead atoms. The van der Waals surface area contributed by atoms with Gasteiger partial charge in [-0.05, 0) is 42.7 Å². The summed E-state index contributed by atoms with van der Waals surface area (Å²) in [6.07, 6.45) is 4.25. The highest BCUT2D eigenvalue weighted by molar-refractivity contribution is 5.80. The van der Waals surface area contributed by atoms with Gasteiger partial charge < -0.3 is 19.7 Å². The Morgan fingerprint density at radius 2 is 1.66 bits per heavy atom. The molecule has 1 aliphatic heterocycles. The summed E-state index contributed by atoms with van der Waals surface area (Å²) in [4.78, 5) is 28.9. The highest BCUT2D eigenvalue weighted by Gasteiger charge is 2.40. The zero-order valence-electron chi connectivity index (χ0n) is 23.8. The second kappa shape index (κ2) is 15.0. The van der Waals surface area contributed by atoms with Crippen LogP contribution in [0.2, 0.25) is 0 Å². The summed E-state index contributed by atoms with van der Waals surface area (Å²) in [5.74, 6) is 0.112. The van der Waals surface area contributed by atoms with Crippen LogP contribution in [0.25, 0.3) is 0 Å². The van der Waals surface area contributed by atoms with E-state index in [-0.39, 0.29) is 36.1 Å². The molecule has 0 saturated carbocycles.